The van der Waals surface area contributed by atoms with E-state index < -0.39 is 0 Å². The number of nitrogens with one attached hydrogen (secondary N) is 1. The van der Waals surface area contributed by atoms with Gasteiger partial charge in [-0.3, -0.25) is 4.98 Å². The molecule has 0 spiro atoms. The highest BCUT2D eigenvalue weighted by atomic mass is 19.1. The third kappa shape index (κ3) is 3.79. The molecule has 112 valence electrons. The number of aryl methyl sites for hydroxylation is 1. The number of rotatable bonds is 6. The number of aromatic nitrogens is 1. The van der Waals surface area contributed by atoms with E-state index in [0.29, 0.717) is 12.2 Å². The summed E-state index contributed by atoms with van der Waals surface area (Å²) in [4.78, 5) is 4.23. The Morgan fingerprint density at radius 2 is 2.00 bits per heavy atom. The number of nitrogens with zero attached hydrogens (tertiary/aromatic N) is 1. The molecular weight excluding hydrogens is 267 g/mol. The first-order chi connectivity index (χ1) is 10.2. The van der Waals surface area contributed by atoms with E-state index in [9.17, 15) is 4.39 Å². The zero-order valence-corrected chi connectivity index (χ0v) is 12.7. The van der Waals surface area contributed by atoms with Crippen LogP contribution in [-0.2, 0) is 0 Å². The van der Waals surface area contributed by atoms with Gasteiger partial charge >= 0.3 is 0 Å². The second-order valence-electron chi connectivity index (χ2n) is 4.89. The van der Waals surface area contributed by atoms with Crippen LogP contribution in [0.1, 0.15) is 36.6 Å². The molecule has 4 heteroatoms. The molecule has 0 amide bonds. The minimum atomic E-state index is -0.185. The van der Waals surface area contributed by atoms with E-state index in [0.717, 1.165) is 23.4 Å². The normalized spacial score (nSPS) is 12.2. The summed E-state index contributed by atoms with van der Waals surface area (Å²) >= 11 is 0. The van der Waals surface area contributed by atoms with Crippen LogP contribution < -0.4 is 10.1 Å². The third-order valence-electron chi connectivity index (χ3n) is 3.30. The topological polar surface area (TPSA) is 34.2 Å². The molecule has 0 aliphatic heterocycles. The van der Waals surface area contributed by atoms with Crippen molar-refractivity contribution in [3.05, 3.63) is 59.2 Å². The number of ether oxygens (including phenoxy) is 1. The van der Waals surface area contributed by atoms with Crippen molar-refractivity contribution in [2.75, 3.05) is 13.2 Å². The van der Waals surface area contributed by atoms with E-state index in [1.54, 1.807) is 13.1 Å². The zero-order chi connectivity index (χ0) is 15.2. The first kappa shape index (κ1) is 15.4. The summed E-state index contributed by atoms with van der Waals surface area (Å²) in [6.45, 7) is 7.17. The summed E-state index contributed by atoms with van der Waals surface area (Å²) < 4.78 is 19.0. The first-order valence-corrected chi connectivity index (χ1v) is 7.22. The van der Waals surface area contributed by atoms with Gasteiger partial charge in [0.1, 0.15) is 11.6 Å². The van der Waals surface area contributed by atoms with E-state index in [1.807, 2.05) is 38.2 Å². The van der Waals surface area contributed by atoms with Crippen molar-refractivity contribution in [3.63, 3.8) is 0 Å². The summed E-state index contributed by atoms with van der Waals surface area (Å²) in [6, 6.07) is 7.14. The van der Waals surface area contributed by atoms with Crippen molar-refractivity contribution in [3.8, 4) is 5.75 Å². The maximum Gasteiger partial charge on any atom is 0.137 e. The summed E-state index contributed by atoms with van der Waals surface area (Å²) in [5.74, 6) is 0.562. The van der Waals surface area contributed by atoms with Gasteiger partial charge in [0.25, 0.3) is 0 Å². The molecule has 1 aromatic heterocycles. The molecule has 1 unspecified atom stereocenters. The maximum absolute atomic E-state index is 13.5. The molecule has 0 aliphatic carbocycles. The summed E-state index contributed by atoms with van der Waals surface area (Å²) in [6.07, 6.45) is 3.51. The molecule has 1 N–H and O–H groups in total. The van der Waals surface area contributed by atoms with Crippen LogP contribution in [0.2, 0.25) is 0 Å². The van der Waals surface area contributed by atoms with Crippen LogP contribution in [0.15, 0.2) is 36.7 Å². The molecule has 0 aliphatic rings. The predicted molar refractivity (Wildman–Crippen MR) is 82.1 cm³/mol. The van der Waals surface area contributed by atoms with Gasteiger partial charge in [-0.1, -0.05) is 19.1 Å². The Balaban J connectivity index is 2.37. The number of hydrogen-bond acceptors (Lipinski definition) is 3. The molecule has 0 bridgehead atoms. The fraction of sp³-hybridized carbons (Fsp3) is 0.353. The smallest absolute Gasteiger partial charge is 0.137 e. The lowest BCUT2D eigenvalue weighted by atomic mass is 9.98. The van der Waals surface area contributed by atoms with Gasteiger partial charge in [-0.05, 0) is 49.2 Å². The van der Waals surface area contributed by atoms with Gasteiger partial charge in [0.15, 0.2) is 0 Å². The number of pyridine rings is 1. The van der Waals surface area contributed by atoms with Gasteiger partial charge in [0.05, 0.1) is 18.8 Å². The standard InChI is InChI=1S/C17H21FN2O/c1-4-20-17(13-6-7-16(18)12(3)8-13)14-9-15(21-5-2)11-19-10-14/h6-11,17,20H,4-5H2,1-3H3. The lowest BCUT2D eigenvalue weighted by Gasteiger charge is -2.20. The lowest BCUT2D eigenvalue weighted by Crippen LogP contribution is -2.22. The van der Waals surface area contributed by atoms with Crippen molar-refractivity contribution in [2.24, 2.45) is 0 Å². The number of halogens is 1. The Kier molecular flexibility index (Phi) is 5.28. The van der Waals surface area contributed by atoms with Crippen LogP contribution in [0.5, 0.6) is 5.75 Å². The predicted octanol–water partition coefficient (Wildman–Crippen LogP) is 3.63. The van der Waals surface area contributed by atoms with E-state index >= 15 is 0 Å². The molecule has 2 rings (SSSR count). The van der Waals surface area contributed by atoms with E-state index in [2.05, 4.69) is 10.3 Å². The average Bonchev–Trinajstić information content (AvgIpc) is 2.48. The van der Waals surface area contributed by atoms with Crippen molar-refractivity contribution in [1.82, 2.24) is 10.3 Å². The van der Waals surface area contributed by atoms with Crippen molar-refractivity contribution < 1.29 is 9.13 Å². The highest BCUT2D eigenvalue weighted by Crippen LogP contribution is 2.25. The third-order valence-corrected chi connectivity index (χ3v) is 3.30. The first-order valence-electron chi connectivity index (χ1n) is 7.22. The Hall–Kier alpha value is -1.94. The van der Waals surface area contributed by atoms with E-state index in [1.165, 1.54) is 6.07 Å². The van der Waals surface area contributed by atoms with Gasteiger partial charge < -0.3 is 10.1 Å². The van der Waals surface area contributed by atoms with Gasteiger partial charge in [0, 0.05) is 6.20 Å². The van der Waals surface area contributed by atoms with Crippen molar-refractivity contribution in [2.45, 2.75) is 26.8 Å². The average molecular weight is 288 g/mol. The minimum absolute atomic E-state index is 0.0257. The molecule has 0 radical (unpaired) electrons. The molecule has 0 saturated heterocycles. The van der Waals surface area contributed by atoms with Crippen LogP contribution in [-0.4, -0.2) is 18.1 Å². The van der Waals surface area contributed by atoms with Crippen LogP contribution >= 0.6 is 0 Å². The lowest BCUT2D eigenvalue weighted by molar-refractivity contribution is 0.338. The second kappa shape index (κ2) is 7.18. The summed E-state index contributed by atoms with van der Waals surface area (Å²) in [7, 11) is 0. The molecule has 2 aromatic rings. The molecule has 21 heavy (non-hydrogen) atoms. The fourth-order valence-corrected chi connectivity index (χ4v) is 2.32. The molecule has 0 saturated carbocycles. The zero-order valence-electron chi connectivity index (χ0n) is 12.7. The Bertz CT molecular complexity index is 601. The molecule has 1 aromatic carbocycles. The van der Waals surface area contributed by atoms with Gasteiger partial charge in [-0.15, -0.1) is 0 Å². The molecule has 1 heterocycles. The monoisotopic (exact) mass is 288 g/mol. The van der Waals surface area contributed by atoms with Crippen LogP contribution in [0.3, 0.4) is 0 Å². The SMILES string of the molecule is CCNC(c1cncc(OCC)c1)c1ccc(F)c(C)c1. The van der Waals surface area contributed by atoms with Gasteiger partial charge in [0.2, 0.25) is 0 Å². The quantitative estimate of drug-likeness (QED) is 0.881. The summed E-state index contributed by atoms with van der Waals surface area (Å²) in [5.41, 5.74) is 2.67. The molecule has 1 atom stereocenters. The molecular formula is C17H21FN2O. The van der Waals surface area contributed by atoms with Gasteiger partial charge in [-0.2, -0.15) is 0 Å². The molecule has 0 fully saturated rings. The Labute approximate surface area is 125 Å². The number of benzene rings is 1. The van der Waals surface area contributed by atoms with Crippen LogP contribution in [0, 0.1) is 12.7 Å². The maximum atomic E-state index is 13.5. The van der Waals surface area contributed by atoms with Crippen LogP contribution in [0.4, 0.5) is 4.39 Å². The van der Waals surface area contributed by atoms with Crippen molar-refractivity contribution in [1.29, 1.82) is 0 Å². The number of hydrogen-bond donors (Lipinski definition) is 1. The van der Waals surface area contributed by atoms with Gasteiger partial charge in [-0.25, -0.2) is 4.39 Å². The minimum Gasteiger partial charge on any atom is -0.492 e. The Morgan fingerprint density at radius 1 is 1.19 bits per heavy atom. The highest BCUT2D eigenvalue weighted by Gasteiger charge is 2.15. The largest absolute Gasteiger partial charge is 0.492 e. The second-order valence-corrected chi connectivity index (χ2v) is 4.89. The van der Waals surface area contributed by atoms with E-state index in [-0.39, 0.29) is 11.9 Å². The highest BCUT2D eigenvalue weighted by molar-refractivity contribution is 5.36. The summed E-state index contributed by atoms with van der Waals surface area (Å²) in [5, 5.41) is 3.41. The van der Waals surface area contributed by atoms with Crippen molar-refractivity contribution >= 4 is 0 Å². The van der Waals surface area contributed by atoms with E-state index in [4.69, 9.17) is 4.74 Å². The van der Waals surface area contributed by atoms with Crippen LogP contribution in [0.25, 0.3) is 0 Å². The molecule has 3 nitrogen and oxygen atoms in total. The fourth-order valence-electron chi connectivity index (χ4n) is 2.32. The Morgan fingerprint density at radius 3 is 2.67 bits per heavy atom.